The van der Waals surface area contributed by atoms with E-state index in [1.807, 2.05) is 0 Å². The van der Waals surface area contributed by atoms with Crippen LogP contribution in [-0.4, -0.2) is 20.3 Å². The van der Waals surface area contributed by atoms with Gasteiger partial charge in [0.15, 0.2) is 5.82 Å². The second-order valence-corrected chi connectivity index (χ2v) is 4.32. The molecule has 3 heterocycles. The molecule has 5 heteroatoms. The van der Waals surface area contributed by atoms with Crippen molar-refractivity contribution in [3.63, 3.8) is 0 Å². The number of pyridine rings is 1. The number of hydrogen-bond donors (Lipinski definition) is 0. The third-order valence-corrected chi connectivity index (χ3v) is 3.26. The number of carbonyl (C=O) groups excluding carboxylic acids is 1. The van der Waals surface area contributed by atoms with Crippen LogP contribution in [0.3, 0.4) is 0 Å². The SMILES string of the molecule is O=C1c2ccccc2-n2c1nc1cnccc1c2=O. The maximum atomic E-state index is 12.5. The Morgan fingerprint density at radius 2 is 1.89 bits per heavy atom. The van der Waals surface area contributed by atoms with Gasteiger partial charge in [-0.05, 0) is 18.2 Å². The van der Waals surface area contributed by atoms with Crippen LogP contribution in [0.25, 0.3) is 16.6 Å². The number of benzene rings is 1. The second kappa shape index (κ2) is 3.35. The summed E-state index contributed by atoms with van der Waals surface area (Å²) in [4.78, 5) is 32.9. The van der Waals surface area contributed by atoms with Gasteiger partial charge in [-0.25, -0.2) is 4.98 Å². The summed E-state index contributed by atoms with van der Waals surface area (Å²) in [6, 6.07) is 8.64. The highest BCUT2D eigenvalue weighted by atomic mass is 16.1. The van der Waals surface area contributed by atoms with E-state index in [0.717, 1.165) is 0 Å². The Bertz CT molecular complexity index is 912. The summed E-state index contributed by atoms with van der Waals surface area (Å²) >= 11 is 0. The highest BCUT2D eigenvalue weighted by molar-refractivity contribution is 6.13. The summed E-state index contributed by atoms with van der Waals surface area (Å²) in [7, 11) is 0. The molecule has 0 fully saturated rings. The lowest BCUT2D eigenvalue weighted by Crippen LogP contribution is -2.21. The Hall–Kier alpha value is -2.82. The number of aromatic nitrogens is 3. The van der Waals surface area contributed by atoms with E-state index in [0.29, 0.717) is 22.2 Å². The first-order valence-corrected chi connectivity index (χ1v) is 5.78. The first kappa shape index (κ1) is 10.1. The topological polar surface area (TPSA) is 64.8 Å². The smallest absolute Gasteiger partial charge is 0.266 e. The van der Waals surface area contributed by atoms with Crippen LogP contribution in [0.1, 0.15) is 16.2 Å². The maximum Gasteiger partial charge on any atom is 0.266 e. The largest absolute Gasteiger partial charge is 0.285 e. The number of rotatable bonds is 0. The molecule has 19 heavy (non-hydrogen) atoms. The molecule has 0 N–H and O–H groups in total. The summed E-state index contributed by atoms with van der Waals surface area (Å²) in [5, 5.41) is 0.461. The van der Waals surface area contributed by atoms with Gasteiger partial charge in [-0.1, -0.05) is 12.1 Å². The van der Waals surface area contributed by atoms with Crippen LogP contribution in [0, 0.1) is 0 Å². The number of carbonyl (C=O) groups is 1. The Labute approximate surface area is 107 Å². The van der Waals surface area contributed by atoms with Crippen molar-refractivity contribution in [3.05, 3.63) is 64.5 Å². The van der Waals surface area contributed by atoms with Crippen LogP contribution in [0.5, 0.6) is 0 Å². The van der Waals surface area contributed by atoms with Gasteiger partial charge in [-0.2, -0.15) is 0 Å². The zero-order valence-corrected chi connectivity index (χ0v) is 9.70. The molecule has 90 valence electrons. The summed E-state index contributed by atoms with van der Waals surface area (Å²) in [6.45, 7) is 0. The number of para-hydroxylation sites is 1. The molecular formula is C14H7N3O2. The van der Waals surface area contributed by atoms with Crippen molar-refractivity contribution in [1.29, 1.82) is 0 Å². The molecular weight excluding hydrogens is 242 g/mol. The molecule has 2 aromatic heterocycles. The van der Waals surface area contributed by atoms with Gasteiger partial charge in [0.05, 0.1) is 28.4 Å². The van der Waals surface area contributed by atoms with Crippen LogP contribution in [-0.2, 0) is 0 Å². The standard InChI is InChI=1S/C14H7N3O2/c18-12-9-3-1-2-4-11(9)17-13(12)16-10-7-15-6-5-8(10)14(17)19/h1-7H. The van der Waals surface area contributed by atoms with Crippen molar-refractivity contribution in [2.45, 2.75) is 0 Å². The quantitative estimate of drug-likeness (QED) is 0.471. The minimum atomic E-state index is -0.235. The fourth-order valence-corrected chi connectivity index (χ4v) is 2.39. The predicted octanol–water partition coefficient (Wildman–Crippen LogP) is 1.33. The molecule has 0 spiro atoms. The van der Waals surface area contributed by atoms with E-state index in [4.69, 9.17) is 0 Å². The van der Waals surface area contributed by atoms with Crippen molar-refractivity contribution in [1.82, 2.24) is 14.5 Å². The molecule has 1 aromatic carbocycles. The summed E-state index contributed by atoms with van der Waals surface area (Å²) in [6.07, 6.45) is 3.04. The van der Waals surface area contributed by atoms with Crippen molar-refractivity contribution in [2.24, 2.45) is 0 Å². The molecule has 3 aromatic rings. The van der Waals surface area contributed by atoms with Gasteiger partial charge >= 0.3 is 0 Å². The zero-order chi connectivity index (χ0) is 13.0. The van der Waals surface area contributed by atoms with E-state index >= 15 is 0 Å². The van der Waals surface area contributed by atoms with Gasteiger partial charge in [0.1, 0.15) is 0 Å². The average Bonchev–Trinajstić information content (AvgIpc) is 2.74. The van der Waals surface area contributed by atoms with Gasteiger partial charge in [-0.3, -0.25) is 19.1 Å². The third-order valence-electron chi connectivity index (χ3n) is 3.26. The van der Waals surface area contributed by atoms with Gasteiger partial charge in [0, 0.05) is 6.20 Å². The molecule has 0 aliphatic carbocycles. The fourth-order valence-electron chi connectivity index (χ4n) is 2.39. The highest BCUT2D eigenvalue weighted by Gasteiger charge is 2.29. The summed E-state index contributed by atoms with van der Waals surface area (Å²) in [5.74, 6) is -0.0647. The summed E-state index contributed by atoms with van der Waals surface area (Å²) < 4.78 is 1.38. The van der Waals surface area contributed by atoms with Crippen molar-refractivity contribution in [2.75, 3.05) is 0 Å². The Morgan fingerprint density at radius 1 is 1.05 bits per heavy atom. The molecule has 0 saturated carbocycles. The van der Waals surface area contributed by atoms with E-state index in [1.165, 1.54) is 10.8 Å². The van der Waals surface area contributed by atoms with Crippen LogP contribution < -0.4 is 5.56 Å². The van der Waals surface area contributed by atoms with Crippen LogP contribution in [0.15, 0.2) is 47.5 Å². The summed E-state index contributed by atoms with van der Waals surface area (Å²) in [5.41, 5.74) is 1.31. The van der Waals surface area contributed by atoms with Gasteiger partial charge in [0.2, 0.25) is 5.78 Å². The first-order valence-electron chi connectivity index (χ1n) is 5.78. The molecule has 4 rings (SSSR count). The van der Waals surface area contributed by atoms with Gasteiger partial charge < -0.3 is 0 Å². The number of hydrogen-bond acceptors (Lipinski definition) is 4. The van der Waals surface area contributed by atoms with Crippen LogP contribution in [0.2, 0.25) is 0 Å². The molecule has 1 aliphatic heterocycles. The van der Waals surface area contributed by atoms with E-state index in [1.54, 1.807) is 36.5 Å². The Kier molecular flexibility index (Phi) is 1.79. The molecule has 0 amide bonds. The molecule has 1 aliphatic rings. The first-order chi connectivity index (χ1) is 9.27. The van der Waals surface area contributed by atoms with Crippen LogP contribution in [0.4, 0.5) is 0 Å². The predicted molar refractivity (Wildman–Crippen MR) is 68.6 cm³/mol. The normalized spacial score (nSPS) is 12.5. The maximum absolute atomic E-state index is 12.5. The van der Waals surface area contributed by atoms with E-state index < -0.39 is 0 Å². The highest BCUT2D eigenvalue weighted by Crippen LogP contribution is 2.25. The van der Waals surface area contributed by atoms with E-state index in [2.05, 4.69) is 9.97 Å². The monoisotopic (exact) mass is 249 g/mol. The molecule has 0 unspecified atom stereocenters. The molecule has 0 bridgehead atoms. The average molecular weight is 249 g/mol. The second-order valence-electron chi connectivity index (χ2n) is 4.32. The number of ketones is 1. The molecule has 0 saturated heterocycles. The van der Waals surface area contributed by atoms with E-state index in [-0.39, 0.29) is 17.2 Å². The lowest BCUT2D eigenvalue weighted by molar-refractivity contribution is 0.103. The molecule has 5 nitrogen and oxygen atoms in total. The Morgan fingerprint density at radius 3 is 2.79 bits per heavy atom. The minimum Gasteiger partial charge on any atom is -0.285 e. The van der Waals surface area contributed by atoms with Crippen molar-refractivity contribution < 1.29 is 4.79 Å². The fraction of sp³-hybridized carbons (Fsp3) is 0. The lowest BCUT2D eigenvalue weighted by Gasteiger charge is -2.04. The van der Waals surface area contributed by atoms with Gasteiger partial charge in [-0.15, -0.1) is 0 Å². The molecule has 0 atom stereocenters. The zero-order valence-electron chi connectivity index (χ0n) is 9.70. The van der Waals surface area contributed by atoms with Gasteiger partial charge in [0.25, 0.3) is 5.56 Å². The number of fused-ring (bicyclic) bond motifs is 4. The Balaban J connectivity index is 2.24. The number of nitrogens with zero attached hydrogens (tertiary/aromatic N) is 3. The minimum absolute atomic E-state index is 0.159. The third kappa shape index (κ3) is 1.18. The lowest BCUT2D eigenvalue weighted by atomic mass is 10.1. The molecule has 0 radical (unpaired) electrons. The van der Waals surface area contributed by atoms with E-state index in [9.17, 15) is 9.59 Å². The van der Waals surface area contributed by atoms with Crippen LogP contribution >= 0.6 is 0 Å². The van der Waals surface area contributed by atoms with Crippen molar-refractivity contribution in [3.8, 4) is 5.69 Å². The van der Waals surface area contributed by atoms with Crippen molar-refractivity contribution >= 4 is 16.7 Å².